The average Bonchev–Trinajstić information content (AvgIpc) is 3.53. The third kappa shape index (κ3) is 2.90. The minimum absolute atomic E-state index is 0.104. The van der Waals surface area contributed by atoms with E-state index in [0.717, 1.165) is 5.56 Å². The molecule has 2 heterocycles. The Morgan fingerprint density at radius 1 is 1.09 bits per heavy atom. The Hall–Kier alpha value is -3.10. The van der Waals surface area contributed by atoms with Gasteiger partial charge in [0.15, 0.2) is 17.2 Å². The van der Waals surface area contributed by atoms with E-state index in [4.69, 9.17) is 19.0 Å². The number of oxime groups is 1. The zero-order valence-electron chi connectivity index (χ0n) is 18.3. The normalized spacial score (nSPS) is 31.8. The van der Waals surface area contributed by atoms with E-state index in [1.807, 2.05) is 18.2 Å². The number of hydrogen-bond acceptors (Lipinski definition) is 8. The molecule has 0 N–H and O–H groups in total. The van der Waals surface area contributed by atoms with Crippen LogP contribution in [0.25, 0.3) is 0 Å². The molecule has 5 rings (SSSR count). The van der Waals surface area contributed by atoms with Crippen molar-refractivity contribution in [3.8, 4) is 11.5 Å². The van der Waals surface area contributed by atoms with Gasteiger partial charge in [-0.2, -0.15) is 0 Å². The number of carbonyl (C=O) groups is 3. The molecule has 2 aliphatic carbocycles. The SMILES string of the molecule is CCOC(=O)C1=NO[C@@H]2[C@H]3C[C@H]([C@@H]12)[C@@H]1C(=O)N(CCc2ccc(OC)c(OC)c2)C(=O)[C@@H]31. The van der Waals surface area contributed by atoms with Crippen LogP contribution < -0.4 is 9.47 Å². The first-order chi connectivity index (χ1) is 15.5. The van der Waals surface area contributed by atoms with Gasteiger partial charge in [0.25, 0.3) is 0 Å². The molecule has 2 aliphatic heterocycles. The van der Waals surface area contributed by atoms with E-state index in [0.29, 0.717) is 30.9 Å². The molecular formula is C23H26N2O7. The van der Waals surface area contributed by atoms with Crippen LogP contribution >= 0.6 is 0 Å². The van der Waals surface area contributed by atoms with Gasteiger partial charge in [0.05, 0.1) is 38.6 Å². The van der Waals surface area contributed by atoms with Crippen molar-refractivity contribution in [2.24, 2.45) is 34.7 Å². The van der Waals surface area contributed by atoms with Gasteiger partial charge in [0.1, 0.15) is 6.10 Å². The lowest BCUT2D eigenvalue weighted by Crippen LogP contribution is -2.42. The molecule has 3 fully saturated rings. The Morgan fingerprint density at radius 3 is 2.50 bits per heavy atom. The molecule has 4 aliphatic rings. The van der Waals surface area contributed by atoms with Gasteiger partial charge in [-0.3, -0.25) is 14.5 Å². The number of imide groups is 1. The Labute approximate surface area is 185 Å². The maximum atomic E-state index is 13.3. The smallest absolute Gasteiger partial charge is 0.356 e. The predicted octanol–water partition coefficient (Wildman–Crippen LogP) is 1.43. The molecule has 0 spiro atoms. The number of benzene rings is 1. The minimum Gasteiger partial charge on any atom is -0.493 e. The molecule has 2 saturated carbocycles. The quantitative estimate of drug-likeness (QED) is 0.465. The Bertz CT molecular complexity index is 1010. The number of methoxy groups -OCH3 is 2. The lowest BCUT2D eigenvalue weighted by Gasteiger charge is -2.29. The van der Waals surface area contributed by atoms with Crippen molar-refractivity contribution in [2.75, 3.05) is 27.4 Å². The summed E-state index contributed by atoms with van der Waals surface area (Å²) in [5, 5.41) is 3.97. The Morgan fingerprint density at radius 2 is 1.81 bits per heavy atom. The van der Waals surface area contributed by atoms with Crippen LogP contribution in [0.4, 0.5) is 0 Å². The fourth-order valence-electron chi connectivity index (χ4n) is 6.06. The van der Waals surface area contributed by atoms with Crippen molar-refractivity contribution in [3.05, 3.63) is 23.8 Å². The zero-order valence-corrected chi connectivity index (χ0v) is 18.3. The summed E-state index contributed by atoms with van der Waals surface area (Å²) in [4.78, 5) is 45.8. The summed E-state index contributed by atoms with van der Waals surface area (Å²) in [6.45, 7) is 2.28. The molecule has 32 heavy (non-hydrogen) atoms. The standard InChI is InChI=1S/C23H26N2O7/c1-4-31-23(28)19-18-12-10-13(20(18)32-24-19)17-16(12)21(26)25(22(17)27)8-7-11-5-6-14(29-2)15(9-11)30-3/h5-6,9,12-13,16-18,20H,4,7-8,10H2,1-3H3/t12-,13-,16-,17-,18-,20+/m0/s1. The van der Waals surface area contributed by atoms with Gasteiger partial charge >= 0.3 is 5.97 Å². The summed E-state index contributed by atoms with van der Waals surface area (Å²) in [6, 6.07) is 5.57. The fraction of sp³-hybridized carbons (Fsp3) is 0.565. The second kappa shape index (κ2) is 7.79. The summed E-state index contributed by atoms with van der Waals surface area (Å²) in [5.74, 6) is -0.862. The van der Waals surface area contributed by atoms with E-state index in [2.05, 4.69) is 5.16 Å². The van der Waals surface area contributed by atoms with E-state index in [1.54, 1.807) is 21.1 Å². The van der Waals surface area contributed by atoms with Crippen LogP contribution in [0.3, 0.4) is 0 Å². The first kappa shape index (κ1) is 20.8. The van der Waals surface area contributed by atoms with E-state index in [1.165, 1.54) is 4.90 Å². The predicted molar refractivity (Wildman–Crippen MR) is 111 cm³/mol. The Balaban J connectivity index is 1.31. The van der Waals surface area contributed by atoms with Gasteiger partial charge in [-0.1, -0.05) is 11.2 Å². The van der Waals surface area contributed by atoms with Crippen LogP contribution in [0, 0.1) is 29.6 Å². The van der Waals surface area contributed by atoms with Crippen LogP contribution in [0.1, 0.15) is 18.9 Å². The molecule has 1 aromatic rings. The van der Waals surface area contributed by atoms with Gasteiger partial charge in [-0.25, -0.2) is 4.79 Å². The monoisotopic (exact) mass is 442 g/mol. The molecule has 1 aromatic carbocycles. The third-order valence-electron chi connectivity index (χ3n) is 7.34. The van der Waals surface area contributed by atoms with Crippen molar-refractivity contribution in [1.29, 1.82) is 0 Å². The molecule has 0 aromatic heterocycles. The van der Waals surface area contributed by atoms with Gasteiger partial charge in [-0.05, 0) is 43.4 Å². The second-order valence-electron chi connectivity index (χ2n) is 8.68. The number of amides is 2. The van der Waals surface area contributed by atoms with Gasteiger partial charge in [-0.15, -0.1) is 0 Å². The van der Waals surface area contributed by atoms with Gasteiger partial charge < -0.3 is 19.0 Å². The summed E-state index contributed by atoms with van der Waals surface area (Å²) >= 11 is 0. The topological polar surface area (TPSA) is 104 Å². The zero-order chi connectivity index (χ0) is 22.6. The summed E-state index contributed by atoms with van der Waals surface area (Å²) in [5.41, 5.74) is 1.20. The fourth-order valence-corrected chi connectivity index (χ4v) is 6.06. The van der Waals surface area contributed by atoms with Crippen molar-refractivity contribution >= 4 is 23.5 Å². The lowest BCUT2D eigenvalue weighted by molar-refractivity contribution is -0.141. The molecule has 170 valence electrons. The largest absolute Gasteiger partial charge is 0.493 e. The first-order valence-corrected chi connectivity index (χ1v) is 11.0. The number of ether oxygens (including phenoxy) is 3. The van der Waals surface area contributed by atoms with Crippen LogP contribution in [0.5, 0.6) is 11.5 Å². The van der Waals surface area contributed by atoms with Crippen molar-refractivity contribution in [3.63, 3.8) is 0 Å². The third-order valence-corrected chi connectivity index (χ3v) is 7.34. The molecule has 0 radical (unpaired) electrons. The highest BCUT2D eigenvalue weighted by Gasteiger charge is 2.70. The highest BCUT2D eigenvalue weighted by atomic mass is 16.6. The van der Waals surface area contributed by atoms with E-state index in [9.17, 15) is 14.4 Å². The molecule has 2 bridgehead atoms. The van der Waals surface area contributed by atoms with Crippen molar-refractivity contribution in [2.45, 2.75) is 25.9 Å². The Kier molecular flexibility index (Phi) is 5.06. The van der Waals surface area contributed by atoms with Crippen LogP contribution in [-0.2, 0) is 30.4 Å². The van der Waals surface area contributed by atoms with Crippen molar-refractivity contribution in [1.82, 2.24) is 4.90 Å². The molecular weight excluding hydrogens is 416 g/mol. The number of carbonyl (C=O) groups excluding carboxylic acids is 3. The number of nitrogens with zero attached hydrogens (tertiary/aromatic N) is 2. The second-order valence-corrected chi connectivity index (χ2v) is 8.68. The van der Waals surface area contributed by atoms with E-state index in [-0.39, 0.29) is 48.0 Å². The lowest BCUT2D eigenvalue weighted by atomic mass is 9.72. The number of fused-ring (bicyclic) bond motifs is 8. The molecule has 0 unspecified atom stereocenters. The molecule has 9 nitrogen and oxygen atoms in total. The maximum absolute atomic E-state index is 13.3. The number of likely N-dealkylation sites (tertiary alicyclic amines) is 1. The van der Waals surface area contributed by atoms with Gasteiger partial charge in [0, 0.05) is 12.5 Å². The molecule has 1 saturated heterocycles. The van der Waals surface area contributed by atoms with Crippen LogP contribution in [-0.4, -0.2) is 61.9 Å². The van der Waals surface area contributed by atoms with Gasteiger partial charge in [0.2, 0.25) is 11.8 Å². The number of esters is 1. The number of hydrogen-bond donors (Lipinski definition) is 0. The molecule has 9 heteroatoms. The van der Waals surface area contributed by atoms with Crippen molar-refractivity contribution < 1.29 is 33.4 Å². The summed E-state index contributed by atoms with van der Waals surface area (Å²) < 4.78 is 15.7. The minimum atomic E-state index is -0.494. The van der Waals surface area contributed by atoms with Crippen LogP contribution in [0.2, 0.25) is 0 Å². The molecule has 2 amide bonds. The molecule has 6 atom stereocenters. The number of rotatable bonds is 7. The summed E-state index contributed by atoms with van der Waals surface area (Å²) in [7, 11) is 3.14. The van der Waals surface area contributed by atoms with Crippen LogP contribution in [0.15, 0.2) is 23.4 Å². The maximum Gasteiger partial charge on any atom is 0.356 e. The summed E-state index contributed by atoms with van der Waals surface area (Å²) in [6.07, 6.45) is 0.887. The first-order valence-electron chi connectivity index (χ1n) is 11.0. The van der Waals surface area contributed by atoms with E-state index >= 15 is 0 Å². The highest BCUT2D eigenvalue weighted by molar-refractivity contribution is 6.38. The average molecular weight is 442 g/mol. The highest BCUT2D eigenvalue weighted by Crippen LogP contribution is 2.61. The van der Waals surface area contributed by atoms with E-state index < -0.39 is 17.8 Å².